The lowest BCUT2D eigenvalue weighted by atomic mass is 10.2. The number of benzene rings is 4. The van der Waals surface area contributed by atoms with Crippen LogP contribution in [-0.2, 0) is 10.0 Å². The van der Waals surface area contributed by atoms with E-state index in [4.69, 9.17) is 11.6 Å². The van der Waals surface area contributed by atoms with Crippen molar-refractivity contribution in [2.24, 2.45) is 0 Å². The van der Waals surface area contributed by atoms with Gasteiger partial charge < -0.3 is 5.32 Å². The van der Waals surface area contributed by atoms with Crippen molar-refractivity contribution in [3.8, 4) is 0 Å². The lowest BCUT2D eigenvalue weighted by Crippen LogP contribution is -2.16. The minimum Gasteiger partial charge on any atom is -0.321 e. The fourth-order valence-corrected chi connectivity index (χ4v) is 5.74. The van der Waals surface area contributed by atoms with Crippen LogP contribution in [0.15, 0.2) is 112 Å². The Morgan fingerprint density at radius 1 is 0.853 bits per heavy atom. The van der Waals surface area contributed by atoms with Crippen LogP contribution in [0.4, 0.5) is 11.4 Å². The summed E-state index contributed by atoms with van der Waals surface area (Å²) >= 11 is 7.73. The fourth-order valence-electron chi connectivity index (χ4n) is 3.24. The molecule has 4 rings (SSSR count). The van der Waals surface area contributed by atoms with Crippen LogP contribution in [0, 0.1) is 6.92 Å². The monoisotopic (exact) mass is 508 g/mol. The number of halogens is 1. The van der Waals surface area contributed by atoms with E-state index in [2.05, 4.69) is 10.0 Å². The highest BCUT2D eigenvalue weighted by Gasteiger charge is 2.21. The Morgan fingerprint density at radius 3 is 2.35 bits per heavy atom. The number of amides is 1. The van der Waals surface area contributed by atoms with Gasteiger partial charge in [0.25, 0.3) is 15.9 Å². The number of carbonyl (C=O) groups excluding carboxylic acids is 1. The lowest BCUT2D eigenvalue weighted by Gasteiger charge is -2.13. The molecule has 2 N–H and O–H groups in total. The molecule has 0 aliphatic rings. The van der Waals surface area contributed by atoms with E-state index < -0.39 is 15.9 Å². The van der Waals surface area contributed by atoms with Gasteiger partial charge in [0.2, 0.25) is 0 Å². The van der Waals surface area contributed by atoms with Crippen LogP contribution >= 0.6 is 23.4 Å². The number of aryl methyl sites for hydroxylation is 1. The summed E-state index contributed by atoms with van der Waals surface area (Å²) in [5, 5.41) is 2.91. The first-order valence-corrected chi connectivity index (χ1v) is 13.0. The molecule has 0 spiro atoms. The molecule has 0 aliphatic heterocycles. The quantitative estimate of drug-likeness (QED) is 0.286. The van der Waals surface area contributed by atoms with Crippen LogP contribution in [0.5, 0.6) is 0 Å². The summed E-state index contributed by atoms with van der Waals surface area (Å²) in [4.78, 5) is 14.8. The Kier molecular flexibility index (Phi) is 7.26. The number of hydrogen-bond donors (Lipinski definition) is 2. The van der Waals surface area contributed by atoms with E-state index in [-0.39, 0.29) is 15.5 Å². The Labute approximate surface area is 208 Å². The zero-order chi connectivity index (χ0) is 24.1. The second-order valence-electron chi connectivity index (χ2n) is 7.49. The minimum atomic E-state index is -4.00. The molecule has 1 amide bonds. The van der Waals surface area contributed by atoms with Crippen LogP contribution in [0.1, 0.15) is 15.9 Å². The van der Waals surface area contributed by atoms with Crippen LogP contribution in [0.3, 0.4) is 0 Å². The van der Waals surface area contributed by atoms with Crippen molar-refractivity contribution in [2.45, 2.75) is 21.6 Å². The van der Waals surface area contributed by atoms with Crippen LogP contribution < -0.4 is 10.0 Å². The van der Waals surface area contributed by atoms with Gasteiger partial charge in [-0.05, 0) is 67.1 Å². The first-order valence-electron chi connectivity index (χ1n) is 10.3. The molecular formula is C26H21ClN2O3S2. The molecule has 0 bridgehead atoms. The molecule has 34 heavy (non-hydrogen) atoms. The van der Waals surface area contributed by atoms with Crippen molar-refractivity contribution < 1.29 is 13.2 Å². The Morgan fingerprint density at radius 2 is 1.59 bits per heavy atom. The van der Waals surface area contributed by atoms with Gasteiger partial charge in [-0.1, -0.05) is 65.8 Å². The summed E-state index contributed by atoms with van der Waals surface area (Å²) < 4.78 is 28.5. The van der Waals surface area contributed by atoms with E-state index in [0.29, 0.717) is 11.4 Å². The van der Waals surface area contributed by atoms with Gasteiger partial charge in [-0.2, -0.15) is 0 Å². The Hall–Kier alpha value is -3.26. The van der Waals surface area contributed by atoms with Gasteiger partial charge in [0.15, 0.2) is 0 Å². The fraction of sp³-hybridized carbons (Fsp3) is 0.0385. The van der Waals surface area contributed by atoms with E-state index in [1.165, 1.54) is 30.0 Å². The molecule has 0 saturated carbocycles. The molecule has 5 nitrogen and oxygen atoms in total. The number of carbonyl (C=O) groups is 1. The normalized spacial score (nSPS) is 11.1. The first kappa shape index (κ1) is 23.9. The number of para-hydroxylation sites is 1. The van der Waals surface area contributed by atoms with Gasteiger partial charge >= 0.3 is 0 Å². The third kappa shape index (κ3) is 5.80. The zero-order valence-electron chi connectivity index (χ0n) is 18.2. The van der Waals surface area contributed by atoms with Crippen molar-refractivity contribution in [3.05, 3.63) is 113 Å². The Bertz CT molecular complexity index is 1440. The van der Waals surface area contributed by atoms with Crippen LogP contribution in [-0.4, -0.2) is 14.3 Å². The predicted molar refractivity (Wildman–Crippen MR) is 138 cm³/mol. The predicted octanol–water partition coefficient (Wildman–Crippen LogP) is 6.85. The third-order valence-corrected chi connectivity index (χ3v) is 7.81. The molecule has 0 saturated heterocycles. The molecule has 4 aromatic rings. The maximum Gasteiger partial charge on any atom is 0.263 e. The minimum absolute atomic E-state index is 0.0248. The Balaban J connectivity index is 1.58. The molecule has 0 fully saturated rings. The standard InChI is InChI=1S/C26H21ClN2O3S2/c1-18-8-7-9-20(16-18)29-34(31,32)25-17-19(14-15-22(25)27)26(30)28-23-12-5-6-13-24(23)33-21-10-3-2-4-11-21/h2-17,29H,1H3,(H,28,30). The summed E-state index contributed by atoms with van der Waals surface area (Å²) in [6.45, 7) is 1.86. The van der Waals surface area contributed by atoms with Gasteiger partial charge in [0.1, 0.15) is 4.90 Å². The molecular weight excluding hydrogens is 488 g/mol. The summed E-state index contributed by atoms with van der Waals surface area (Å²) in [6, 6.07) is 28.4. The van der Waals surface area contributed by atoms with Gasteiger partial charge in [0, 0.05) is 21.0 Å². The van der Waals surface area contributed by atoms with Crippen molar-refractivity contribution in [3.63, 3.8) is 0 Å². The molecule has 0 heterocycles. The highest BCUT2D eigenvalue weighted by molar-refractivity contribution is 7.99. The summed E-state index contributed by atoms with van der Waals surface area (Å²) in [5.74, 6) is -0.440. The summed E-state index contributed by atoms with van der Waals surface area (Å²) in [7, 11) is -4.00. The van der Waals surface area contributed by atoms with E-state index in [9.17, 15) is 13.2 Å². The zero-order valence-corrected chi connectivity index (χ0v) is 20.5. The number of anilines is 2. The highest BCUT2D eigenvalue weighted by Crippen LogP contribution is 2.33. The van der Waals surface area contributed by atoms with E-state index in [0.717, 1.165) is 15.4 Å². The van der Waals surface area contributed by atoms with E-state index in [1.54, 1.807) is 24.3 Å². The summed E-state index contributed by atoms with van der Waals surface area (Å²) in [6.07, 6.45) is 0. The van der Waals surface area contributed by atoms with Gasteiger partial charge in [0.05, 0.1) is 10.7 Å². The van der Waals surface area contributed by atoms with Crippen molar-refractivity contribution in [1.82, 2.24) is 0 Å². The molecule has 4 aromatic carbocycles. The van der Waals surface area contributed by atoms with Gasteiger partial charge in [-0.15, -0.1) is 0 Å². The van der Waals surface area contributed by atoms with E-state index >= 15 is 0 Å². The molecule has 0 aromatic heterocycles. The van der Waals surface area contributed by atoms with Crippen LogP contribution in [0.2, 0.25) is 5.02 Å². The number of nitrogens with one attached hydrogen (secondary N) is 2. The maximum atomic E-state index is 13.0. The lowest BCUT2D eigenvalue weighted by molar-refractivity contribution is 0.102. The second-order valence-corrected chi connectivity index (χ2v) is 10.7. The average molecular weight is 509 g/mol. The number of sulfonamides is 1. The SMILES string of the molecule is Cc1cccc(NS(=O)(=O)c2cc(C(=O)Nc3ccccc3Sc3ccccc3)ccc2Cl)c1. The summed E-state index contributed by atoms with van der Waals surface area (Å²) in [5.41, 5.74) is 2.12. The molecule has 172 valence electrons. The van der Waals surface area contributed by atoms with Crippen molar-refractivity contribution in [1.29, 1.82) is 0 Å². The largest absolute Gasteiger partial charge is 0.321 e. The maximum absolute atomic E-state index is 13.0. The second kappa shape index (κ2) is 10.3. The highest BCUT2D eigenvalue weighted by atomic mass is 35.5. The molecule has 0 aliphatic carbocycles. The van der Waals surface area contributed by atoms with E-state index in [1.807, 2.05) is 61.5 Å². The smallest absolute Gasteiger partial charge is 0.263 e. The number of hydrogen-bond acceptors (Lipinski definition) is 4. The third-order valence-electron chi connectivity index (χ3n) is 4.86. The first-order chi connectivity index (χ1) is 16.3. The van der Waals surface area contributed by atoms with Gasteiger partial charge in [-0.3, -0.25) is 9.52 Å². The van der Waals surface area contributed by atoms with Crippen LogP contribution in [0.25, 0.3) is 0 Å². The molecule has 0 radical (unpaired) electrons. The molecule has 0 unspecified atom stereocenters. The van der Waals surface area contributed by atoms with Crippen molar-refractivity contribution in [2.75, 3.05) is 10.0 Å². The topological polar surface area (TPSA) is 75.3 Å². The number of rotatable bonds is 7. The average Bonchev–Trinajstić information content (AvgIpc) is 2.81. The molecule has 8 heteroatoms. The molecule has 0 atom stereocenters. The van der Waals surface area contributed by atoms with Crippen molar-refractivity contribution >= 4 is 50.7 Å². The van der Waals surface area contributed by atoms with Gasteiger partial charge in [-0.25, -0.2) is 8.42 Å².